The van der Waals surface area contributed by atoms with Crippen molar-refractivity contribution in [2.75, 3.05) is 6.54 Å². The third-order valence-corrected chi connectivity index (χ3v) is 5.57. The van der Waals surface area contributed by atoms with Crippen LogP contribution in [0.4, 0.5) is 4.79 Å². The number of carbonyl (C=O) groups is 3. The molecule has 1 saturated carbocycles. The highest BCUT2D eigenvalue weighted by Crippen LogP contribution is 2.33. The van der Waals surface area contributed by atoms with Crippen LogP contribution in [-0.4, -0.2) is 35.3 Å². The zero-order valence-corrected chi connectivity index (χ0v) is 15.6. The van der Waals surface area contributed by atoms with E-state index in [0.717, 1.165) is 30.6 Å². The first kappa shape index (κ1) is 18.7. The van der Waals surface area contributed by atoms with E-state index in [1.807, 2.05) is 6.92 Å². The van der Waals surface area contributed by atoms with E-state index in [1.54, 1.807) is 24.3 Å². The van der Waals surface area contributed by atoms with E-state index in [1.165, 1.54) is 6.42 Å². The predicted molar refractivity (Wildman–Crippen MR) is 98.7 cm³/mol. The van der Waals surface area contributed by atoms with Crippen molar-refractivity contribution < 1.29 is 14.4 Å². The quantitative estimate of drug-likeness (QED) is 0.774. The van der Waals surface area contributed by atoms with E-state index in [0.29, 0.717) is 17.0 Å². The zero-order chi connectivity index (χ0) is 18.7. The SMILES string of the molecule is CCC1(c2ccc(Cl)cc2)NC(=O)N(CC(=O)NC2CCCCC2)C1=O. The summed E-state index contributed by atoms with van der Waals surface area (Å²) in [5.41, 5.74) is -0.481. The molecule has 0 spiro atoms. The van der Waals surface area contributed by atoms with E-state index in [4.69, 9.17) is 11.6 Å². The monoisotopic (exact) mass is 377 g/mol. The van der Waals surface area contributed by atoms with Gasteiger partial charge in [0.1, 0.15) is 12.1 Å². The summed E-state index contributed by atoms with van der Waals surface area (Å²) < 4.78 is 0. The molecular formula is C19H24ClN3O3. The van der Waals surface area contributed by atoms with Gasteiger partial charge in [-0.05, 0) is 37.0 Å². The van der Waals surface area contributed by atoms with Crippen molar-refractivity contribution in [2.45, 2.75) is 57.0 Å². The number of nitrogens with one attached hydrogen (secondary N) is 2. The Bertz CT molecular complexity index is 700. The molecule has 2 N–H and O–H groups in total. The maximum Gasteiger partial charge on any atom is 0.325 e. The Morgan fingerprint density at radius 2 is 1.88 bits per heavy atom. The highest BCUT2D eigenvalue weighted by Gasteiger charge is 2.51. The number of amides is 4. The number of hydrogen-bond donors (Lipinski definition) is 2. The molecule has 0 radical (unpaired) electrons. The summed E-state index contributed by atoms with van der Waals surface area (Å²) in [5.74, 6) is -0.686. The number of carbonyl (C=O) groups excluding carboxylic acids is 3. The van der Waals surface area contributed by atoms with Crippen molar-refractivity contribution in [3.63, 3.8) is 0 Å². The van der Waals surface area contributed by atoms with Crippen molar-refractivity contribution in [1.82, 2.24) is 15.5 Å². The van der Waals surface area contributed by atoms with Crippen molar-refractivity contribution in [3.8, 4) is 0 Å². The highest BCUT2D eigenvalue weighted by atomic mass is 35.5. The number of hydrogen-bond acceptors (Lipinski definition) is 3. The van der Waals surface area contributed by atoms with E-state index in [-0.39, 0.29) is 18.5 Å². The zero-order valence-electron chi connectivity index (χ0n) is 14.9. The van der Waals surface area contributed by atoms with Crippen LogP contribution in [-0.2, 0) is 15.1 Å². The Morgan fingerprint density at radius 3 is 2.50 bits per heavy atom. The summed E-state index contributed by atoms with van der Waals surface area (Å²) in [6, 6.07) is 6.44. The van der Waals surface area contributed by atoms with Crippen LogP contribution in [0.25, 0.3) is 0 Å². The second-order valence-electron chi connectivity index (χ2n) is 6.99. The van der Waals surface area contributed by atoms with E-state index < -0.39 is 17.5 Å². The van der Waals surface area contributed by atoms with Gasteiger partial charge in [-0.15, -0.1) is 0 Å². The average molecular weight is 378 g/mol. The Hall–Kier alpha value is -2.08. The lowest BCUT2D eigenvalue weighted by atomic mass is 9.87. The molecule has 4 amide bonds. The fourth-order valence-electron chi connectivity index (χ4n) is 3.81. The molecule has 7 heteroatoms. The Labute approximate surface area is 158 Å². The van der Waals surface area contributed by atoms with Crippen LogP contribution in [0.3, 0.4) is 0 Å². The molecule has 26 heavy (non-hydrogen) atoms. The minimum Gasteiger partial charge on any atom is -0.352 e. The Kier molecular flexibility index (Phi) is 5.51. The van der Waals surface area contributed by atoms with Crippen LogP contribution in [0, 0.1) is 0 Å². The van der Waals surface area contributed by atoms with Crippen LogP contribution in [0.15, 0.2) is 24.3 Å². The third-order valence-electron chi connectivity index (χ3n) is 5.32. The molecule has 2 fully saturated rings. The molecule has 1 aliphatic heterocycles. The van der Waals surface area contributed by atoms with Crippen LogP contribution < -0.4 is 10.6 Å². The van der Waals surface area contributed by atoms with Crippen molar-refractivity contribution in [2.24, 2.45) is 0 Å². The number of benzene rings is 1. The molecule has 3 rings (SSSR count). The molecule has 1 saturated heterocycles. The standard InChI is InChI=1S/C19H24ClN3O3/c1-2-19(13-8-10-14(20)11-9-13)17(25)23(18(26)22-19)12-16(24)21-15-6-4-3-5-7-15/h8-11,15H,2-7,12H2,1H3,(H,21,24)(H,22,26). The van der Waals surface area contributed by atoms with Gasteiger partial charge in [-0.25, -0.2) is 4.79 Å². The first-order valence-electron chi connectivity index (χ1n) is 9.16. The molecule has 140 valence electrons. The summed E-state index contributed by atoms with van der Waals surface area (Å²) in [4.78, 5) is 38.8. The van der Waals surface area contributed by atoms with Crippen LogP contribution in [0.2, 0.25) is 5.02 Å². The van der Waals surface area contributed by atoms with Gasteiger partial charge in [-0.1, -0.05) is 49.9 Å². The normalized spacial score (nSPS) is 23.8. The number of halogens is 1. The fourth-order valence-corrected chi connectivity index (χ4v) is 3.93. The Morgan fingerprint density at radius 1 is 1.23 bits per heavy atom. The third kappa shape index (κ3) is 3.56. The van der Waals surface area contributed by atoms with Crippen molar-refractivity contribution in [3.05, 3.63) is 34.9 Å². The number of rotatable bonds is 5. The lowest BCUT2D eigenvalue weighted by molar-refractivity contribution is -0.135. The largest absolute Gasteiger partial charge is 0.352 e. The maximum absolute atomic E-state index is 13.0. The topological polar surface area (TPSA) is 78.5 Å². The molecule has 2 aliphatic rings. The summed E-state index contributed by atoms with van der Waals surface area (Å²) in [6.45, 7) is 1.58. The first-order valence-corrected chi connectivity index (χ1v) is 9.53. The molecule has 0 aromatic heterocycles. The molecule has 1 atom stereocenters. The van der Waals surface area contributed by atoms with Gasteiger partial charge in [-0.3, -0.25) is 14.5 Å². The number of nitrogens with zero attached hydrogens (tertiary/aromatic N) is 1. The average Bonchev–Trinajstić information content (AvgIpc) is 2.88. The van der Waals surface area contributed by atoms with Gasteiger partial charge in [0, 0.05) is 11.1 Å². The van der Waals surface area contributed by atoms with Crippen LogP contribution >= 0.6 is 11.6 Å². The van der Waals surface area contributed by atoms with Crippen molar-refractivity contribution >= 4 is 29.4 Å². The highest BCUT2D eigenvalue weighted by molar-refractivity contribution is 6.30. The van der Waals surface area contributed by atoms with Crippen LogP contribution in [0.5, 0.6) is 0 Å². The van der Waals surface area contributed by atoms with E-state index in [2.05, 4.69) is 10.6 Å². The van der Waals surface area contributed by atoms with Gasteiger partial charge in [-0.2, -0.15) is 0 Å². The summed E-state index contributed by atoms with van der Waals surface area (Å²) in [7, 11) is 0. The first-order chi connectivity index (χ1) is 12.5. The minimum absolute atomic E-state index is 0.143. The lowest BCUT2D eigenvalue weighted by Gasteiger charge is -2.26. The van der Waals surface area contributed by atoms with E-state index in [9.17, 15) is 14.4 Å². The molecular weight excluding hydrogens is 354 g/mol. The van der Waals surface area contributed by atoms with Crippen LogP contribution in [0.1, 0.15) is 51.0 Å². The van der Waals surface area contributed by atoms with Crippen molar-refractivity contribution in [1.29, 1.82) is 0 Å². The molecule has 1 aromatic carbocycles. The molecule has 6 nitrogen and oxygen atoms in total. The molecule has 1 aliphatic carbocycles. The van der Waals surface area contributed by atoms with Gasteiger partial charge in [0.15, 0.2) is 0 Å². The fraction of sp³-hybridized carbons (Fsp3) is 0.526. The van der Waals surface area contributed by atoms with Gasteiger partial charge >= 0.3 is 6.03 Å². The molecule has 0 bridgehead atoms. The van der Waals surface area contributed by atoms with Gasteiger partial charge in [0.2, 0.25) is 5.91 Å². The molecule has 1 aromatic rings. The predicted octanol–water partition coefficient (Wildman–Crippen LogP) is 2.95. The second kappa shape index (κ2) is 7.66. The van der Waals surface area contributed by atoms with Gasteiger partial charge in [0.05, 0.1) is 0 Å². The van der Waals surface area contributed by atoms with Gasteiger partial charge in [0.25, 0.3) is 5.91 Å². The number of imide groups is 1. The summed E-state index contributed by atoms with van der Waals surface area (Å²) >= 11 is 5.93. The Balaban J connectivity index is 1.72. The second-order valence-corrected chi connectivity index (χ2v) is 7.43. The summed E-state index contributed by atoms with van der Waals surface area (Å²) in [6.07, 6.45) is 5.69. The van der Waals surface area contributed by atoms with Gasteiger partial charge < -0.3 is 10.6 Å². The maximum atomic E-state index is 13.0. The smallest absolute Gasteiger partial charge is 0.325 e. The van der Waals surface area contributed by atoms with E-state index >= 15 is 0 Å². The molecule has 1 heterocycles. The summed E-state index contributed by atoms with van der Waals surface area (Å²) in [5, 5.41) is 6.28. The minimum atomic E-state index is -1.15. The number of urea groups is 1. The lowest BCUT2D eigenvalue weighted by Crippen LogP contribution is -2.46. The molecule has 1 unspecified atom stereocenters.